The van der Waals surface area contributed by atoms with Gasteiger partial charge < -0.3 is 15.4 Å². The standard InChI is InChI=1S/C14H20N2O2/c1-18-10-4-9-15-14(17)16-13-8-7-11-5-2-3-6-12(11)13/h2-3,5-6,13H,4,7-10H2,1H3,(H2,15,16,17). The molecule has 1 aliphatic carbocycles. The fourth-order valence-electron chi connectivity index (χ4n) is 2.33. The molecule has 0 spiro atoms. The van der Waals surface area contributed by atoms with Crippen LogP contribution in [-0.4, -0.2) is 26.3 Å². The Morgan fingerprint density at radius 1 is 1.44 bits per heavy atom. The molecule has 0 saturated carbocycles. The molecule has 2 N–H and O–H groups in total. The molecule has 0 bridgehead atoms. The molecule has 1 aromatic rings. The molecule has 98 valence electrons. The van der Waals surface area contributed by atoms with Crippen LogP contribution in [0.5, 0.6) is 0 Å². The lowest BCUT2D eigenvalue weighted by Gasteiger charge is -2.14. The Balaban J connectivity index is 1.79. The number of rotatable bonds is 5. The van der Waals surface area contributed by atoms with E-state index in [-0.39, 0.29) is 12.1 Å². The average Bonchev–Trinajstić information content (AvgIpc) is 2.78. The van der Waals surface area contributed by atoms with Crippen molar-refractivity contribution in [3.8, 4) is 0 Å². The monoisotopic (exact) mass is 248 g/mol. The lowest BCUT2D eigenvalue weighted by Crippen LogP contribution is -2.38. The van der Waals surface area contributed by atoms with Crippen molar-refractivity contribution >= 4 is 6.03 Å². The second-order valence-corrected chi connectivity index (χ2v) is 4.54. The number of carbonyl (C=O) groups is 1. The van der Waals surface area contributed by atoms with E-state index >= 15 is 0 Å². The van der Waals surface area contributed by atoms with E-state index in [9.17, 15) is 4.79 Å². The first kappa shape index (κ1) is 12.9. The molecule has 0 aliphatic heterocycles. The van der Waals surface area contributed by atoms with Gasteiger partial charge in [0.25, 0.3) is 0 Å². The summed E-state index contributed by atoms with van der Waals surface area (Å²) in [7, 11) is 1.66. The summed E-state index contributed by atoms with van der Waals surface area (Å²) in [6.07, 6.45) is 2.88. The van der Waals surface area contributed by atoms with Crippen molar-refractivity contribution in [3.05, 3.63) is 35.4 Å². The Morgan fingerprint density at radius 3 is 3.11 bits per heavy atom. The lowest BCUT2D eigenvalue weighted by molar-refractivity contribution is 0.193. The highest BCUT2D eigenvalue weighted by molar-refractivity contribution is 5.74. The molecule has 0 fully saturated rings. The predicted molar refractivity (Wildman–Crippen MR) is 70.5 cm³/mol. The molecule has 1 aliphatic rings. The number of urea groups is 1. The van der Waals surface area contributed by atoms with E-state index in [4.69, 9.17) is 4.74 Å². The summed E-state index contributed by atoms with van der Waals surface area (Å²) in [5, 5.41) is 5.87. The van der Waals surface area contributed by atoms with Gasteiger partial charge >= 0.3 is 6.03 Å². The minimum Gasteiger partial charge on any atom is -0.385 e. The highest BCUT2D eigenvalue weighted by Gasteiger charge is 2.22. The number of benzene rings is 1. The third-order valence-corrected chi connectivity index (χ3v) is 3.25. The molecule has 2 amide bonds. The van der Waals surface area contributed by atoms with Crippen LogP contribution in [0, 0.1) is 0 Å². The summed E-state index contributed by atoms with van der Waals surface area (Å²) in [4.78, 5) is 11.7. The summed E-state index contributed by atoms with van der Waals surface area (Å²) in [6.45, 7) is 1.32. The molecule has 4 heteroatoms. The lowest BCUT2D eigenvalue weighted by atomic mass is 10.1. The van der Waals surface area contributed by atoms with Crippen LogP contribution in [0.25, 0.3) is 0 Å². The van der Waals surface area contributed by atoms with Crippen LogP contribution in [-0.2, 0) is 11.2 Å². The van der Waals surface area contributed by atoms with Gasteiger partial charge in [0.15, 0.2) is 0 Å². The van der Waals surface area contributed by atoms with E-state index in [1.54, 1.807) is 7.11 Å². The first-order chi connectivity index (χ1) is 8.81. The molecular formula is C14H20N2O2. The molecule has 0 aromatic heterocycles. The second-order valence-electron chi connectivity index (χ2n) is 4.54. The summed E-state index contributed by atoms with van der Waals surface area (Å²) in [5.74, 6) is 0. The maximum atomic E-state index is 11.7. The number of methoxy groups -OCH3 is 1. The largest absolute Gasteiger partial charge is 0.385 e. The minimum absolute atomic E-state index is 0.0900. The average molecular weight is 248 g/mol. The Bertz CT molecular complexity index is 407. The van der Waals surface area contributed by atoms with E-state index in [1.807, 2.05) is 12.1 Å². The molecule has 2 rings (SSSR count). The van der Waals surface area contributed by atoms with Crippen LogP contribution in [0.1, 0.15) is 30.0 Å². The molecule has 18 heavy (non-hydrogen) atoms. The van der Waals surface area contributed by atoms with Crippen molar-refractivity contribution in [2.75, 3.05) is 20.3 Å². The van der Waals surface area contributed by atoms with Crippen molar-refractivity contribution in [1.29, 1.82) is 0 Å². The number of carbonyl (C=O) groups excluding carboxylic acids is 1. The molecule has 1 atom stereocenters. The van der Waals surface area contributed by atoms with Gasteiger partial charge in [-0.2, -0.15) is 0 Å². The van der Waals surface area contributed by atoms with Gasteiger partial charge in [0, 0.05) is 20.3 Å². The van der Waals surface area contributed by atoms with Crippen LogP contribution in [0.4, 0.5) is 4.79 Å². The van der Waals surface area contributed by atoms with E-state index < -0.39 is 0 Å². The van der Waals surface area contributed by atoms with E-state index in [0.29, 0.717) is 13.2 Å². The number of hydrogen-bond donors (Lipinski definition) is 2. The number of fused-ring (bicyclic) bond motifs is 1. The summed E-state index contributed by atoms with van der Waals surface area (Å²) in [5.41, 5.74) is 2.60. The Morgan fingerprint density at radius 2 is 2.28 bits per heavy atom. The minimum atomic E-state index is -0.0900. The van der Waals surface area contributed by atoms with Crippen molar-refractivity contribution < 1.29 is 9.53 Å². The third kappa shape index (κ3) is 3.23. The summed E-state index contributed by atoms with van der Waals surface area (Å²) >= 11 is 0. The first-order valence-electron chi connectivity index (χ1n) is 6.42. The highest BCUT2D eigenvalue weighted by Crippen LogP contribution is 2.30. The SMILES string of the molecule is COCCCNC(=O)NC1CCc2ccccc21. The Labute approximate surface area is 108 Å². The zero-order valence-corrected chi connectivity index (χ0v) is 10.7. The number of nitrogens with one attached hydrogen (secondary N) is 2. The molecule has 0 saturated heterocycles. The Kier molecular flexibility index (Phi) is 4.59. The van der Waals surface area contributed by atoms with Gasteiger partial charge in [0.2, 0.25) is 0 Å². The summed E-state index contributed by atoms with van der Waals surface area (Å²) < 4.78 is 4.93. The zero-order chi connectivity index (χ0) is 12.8. The van der Waals surface area contributed by atoms with Gasteiger partial charge in [0.1, 0.15) is 0 Å². The normalized spacial score (nSPS) is 17.3. The topological polar surface area (TPSA) is 50.4 Å². The van der Waals surface area contributed by atoms with Crippen molar-refractivity contribution in [2.24, 2.45) is 0 Å². The van der Waals surface area contributed by atoms with Gasteiger partial charge in [-0.05, 0) is 30.4 Å². The predicted octanol–water partition coefficient (Wildman–Crippen LogP) is 2.01. The third-order valence-electron chi connectivity index (χ3n) is 3.25. The van der Waals surface area contributed by atoms with Crippen molar-refractivity contribution in [1.82, 2.24) is 10.6 Å². The number of hydrogen-bond acceptors (Lipinski definition) is 2. The maximum absolute atomic E-state index is 11.7. The van der Waals surface area contributed by atoms with Gasteiger partial charge in [-0.3, -0.25) is 0 Å². The van der Waals surface area contributed by atoms with Gasteiger partial charge in [-0.1, -0.05) is 24.3 Å². The zero-order valence-electron chi connectivity index (χ0n) is 10.7. The number of amides is 2. The maximum Gasteiger partial charge on any atom is 0.315 e. The Hall–Kier alpha value is -1.55. The van der Waals surface area contributed by atoms with Crippen molar-refractivity contribution in [3.63, 3.8) is 0 Å². The highest BCUT2D eigenvalue weighted by atomic mass is 16.5. The van der Waals surface area contributed by atoms with Crippen molar-refractivity contribution in [2.45, 2.75) is 25.3 Å². The molecule has 0 radical (unpaired) electrons. The first-order valence-corrected chi connectivity index (χ1v) is 6.42. The van der Waals surface area contributed by atoms with Crippen LogP contribution >= 0.6 is 0 Å². The van der Waals surface area contributed by atoms with Crippen LogP contribution in [0.2, 0.25) is 0 Å². The second kappa shape index (κ2) is 6.40. The summed E-state index contributed by atoms with van der Waals surface area (Å²) in [6, 6.07) is 8.36. The van der Waals surface area contributed by atoms with E-state index in [0.717, 1.165) is 19.3 Å². The van der Waals surface area contributed by atoms with Gasteiger partial charge in [-0.15, -0.1) is 0 Å². The van der Waals surface area contributed by atoms with Gasteiger partial charge in [-0.25, -0.2) is 4.79 Å². The fraction of sp³-hybridized carbons (Fsp3) is 0.500. The smallest absolute Gasteiger partial charge is 0.315 e. The van der Waals surface area contributed by atoms with Crippen LogP contribution in [0.3, 0.4) is 0 Å². The molecule has 0 heterocycles. The van der Waals surface area contributed by atoms with E-state index in [1.165, 1.54) is 11.1 Å². The number of ether oxygens (including phenoxy) is 1. The molecule has 1 aromatic carbocycles. The number of aryl methyl sites for hydroxylation is 1. The van der Waals surface area contributed by atoms with E-state index in [2.05, 4.69) is 22.8 Å². The van der Waals surface area contributed by atoms with Crippen LogP contribution in [0.15, 0.2) is 24.3 Å². The molecule has 1 unspecified atom stereocenters. The van der Waals surface area contributed by atoms with Crippen LogP contribution < -0.4 is 10.6 Å². The quantitative estimate of drug-likeness (QED) is 0.783. The molecular weight excluding hydrogens is 228 g/mol. The van der Waals surface area contributed by atoms with Gasteiger partial charge in [0.05, 0.1) is 6.04 Å². The molecule has 4 nitrogen and oxygen atoms in total. The fourth-order valence-corrected chi connectivity index (χ4v) is 2.33.